The lowest BCUT2D eigenvalue weighted by Crippen LogP contribution is -2.39. The minimum Gasteiger partial charge on any atom is -0.497 e. The van der Waals surface area contributed by atoms with Crippen molar-refractivity contribution in [1.29, 1.82) is 0 Å². The number of amides is 2. The van der Waals surface area contributed by atoms with E-state index in [9.17, 15) is 4.79 Å². The summed E-state index contributed by atoms with van der Waals surface area (Å²) in [4.78, 5) is 12.0. The van der Waals surface area contributed by atoms with Crippen molar-refractivity contribution in [3.63, 3.8) is 0 Å². The van der Waals surface area contributed by atoms with E-state index in [0.717, 1.165) is 23.5 Å². The molecule has 0 aliphatic heterocycles. The molecule has 0 saturated heterocycles. The monoisotopic (exact) mass is 362 g/mol. The normalized spacial score (nSPS) is 11.5. The Labute approximate surface area is 153 Å². The Hall–Kier alpha value is -2.40. The van der Waals surface area contributed by atoms with E-state index >= 15 is 0 Å². The van der Waals surface area contributed by atoms with Crippen molar-refractivity contribution < 1.29 is 14.3 Å². The van der Waals surface area contributed by atoms with Crippen LogP contribution in [-0.4, -0.2) is 26.3 Å². The highest BCUT2D eigenvalue weighted by Gasteiger charge is 2.12. The molecule has 6 heteroatoms. The molecule has 5 nitrogen and oxygen atoms in total. The van der Waals surface area contributed by atoms with Crippen LogP contribution >= 0.6 is 11.6 Å². The number of hydrogen-bond acceptors (Lipinski definition) is 3. The Balaban J connectivity index is 1.74. The summed E-state index contributed by atoms with van der Waals surface area (Å²) in [6, 6.07) is 14.5. The number of urea groups is 1. The van der Waals surface area contributed by atoms with Gasteiger partial charge in [0, 0.05) is 5.02 Å². The van der Waals surface area contributed by atoms with E-state index in [-0.39, 0.29) is 12.1 Å². The largest absolute Gasteiger partial charge is 0.497 e. The van der Waals surface area contributed by atoms with Gasteiger partial charge in [0.25, 0.3) is 0 Å². The topological polar surface area (TPSA) is 59.6 Å². The number of hydrogen-bond donors (Lipinski definition) is 2. The summed E-state index contributed by atoms with van der Waals surface area (Å²) < 4.78 is 10.7. The molecule has 0 saturated carbocycles. The molecule has 0 radical (unpaired) electrons. The second-order valence-corrected chi connectivity index (χ2v) is 5.87. The van der Waals surface area contributed by atoms with Gasteiger partial charge in [0.2, 0.25) is 0 Å². The molecule has 0 heterocycles. The summed E-state index contributed by atoms with van der Waals surface area (Å²) in [6.45, 7) is 2.82. The molecule has 2 aromatic rings. The minimum absolute atomic E-state index is 0.0527. The fourth-order valence-electron chi connectivity index (χ4n) is 2.33. The zero-order chi connectivity index (χ0) is 18.1. The highest BCUT2D eigenvalue weighted by Crippen LogP contribution is 2.20. The van der Waals surface area contributed by atoms with Crippen molar-refractivity contribution in [2.75, 3.05) is 20.3 Å². The van der Waals surface area contributed by atoms with Crippen LogP contribution in [0, 0.1) is 0 Å². The lowest BCUT2D eigenvalue weighted by molar-refractivity contribution is 0.232. The molecule has 25 heavy (non-hydrogen) atoms. The van der Waals surface area contributed by atoms with E-state index in [1.165, 1.54) is 0 Å². The van der Waals surface area contributed by atoms with Crippen molar-refractivity contribution in [1.82, 2.24) is 10.6 Å². The average Bonchev–Trinajstić information content (AvgIpc) is 2.65. The summed E-state index contributed by atoms with van der Waals surface area (Å²) in [5.74, 6) is 1.51. The Bertz CT molecular complexity index is 659. The van der Waals surface area contributed by atoms with E-state index in [0.29, 0.717) is 18.2 Å². The molecule has 1 unspecified atom stereocenters. The number of ether oxygens (including phenoxy) is 2. The van der Waals surface area contributed by atoms with Gasteiger partial charge in [-0.05, 0) is 48.4 Å². The highest BCUT2D eigenvalue weighted by molar-refractivity contribution is 6.30. The van der Waals surface area contributed by atoms with Crippen LogP contribution in [0.1, 0.15) is 24.9 Å². The summed E-state index contributed by atoms with van der Waals surface area (Å²) in [6.07, 6.45) is 0.793. The van der Waals surface area contributed by atoms with Crippen molar-refractivity contribution in [3.8, 4) is 11.5 Å². The maximum absolute atomic E-state index is 12.0. The van der Waals surface area contributed by atoms with Gasteiger partial charge >= 0.3 is 6.03 Å². The van der Waals surface area contributed by atoms with Crippen LogP contribution in [0.3, 0.4) is 0 Å². The van der Waals surface area contributed by atoms with Crippen molar-refractivity contribution in [2.24, 2.45) is 0 Å². The molecular formula is C19H23ClN2O3. The Morgan fingerprint density at radius 1 is 1.08 bits per heavy atom. The highest BCUT2D eigenvalue weighted by atomic mass is 35.5. The number of methoxy groups -OCH3 is 1. The van der Waals surface area contributed by atoms with Gasteiger partial charge < -0.3 is 20.1 Å². The van der Waals surface area contributed by atoms with Gasteiger partial charge in [0.1, 0.15) is 18.1 Å². The summed E-state index contributed by atoms with van der Waals surface area (Å²) in [7, 11) is 1.63. The van der Waals surface area contributed by atoms with Crippen LogP contribution in [0.5, 0.6) is 11.5 Å². The third kappa shape index (κ3) is 6.19. The van der Waals surface area contributed by atoms with Crippen molar-refractivity contribution in [3.05, 3.63) is 59.1 Å². The Kier molecular flexibility index (Phi) is 7.41. The van der Waals surface area contributed by atoms with E-state index in [2.05, 4.69) is 10.6 Å². The van der Waals surface area contributed by atoms with Gasteiger partial charge in [-0.1, -0.05) is 30.7 Å². The summed E-state index contributed by atoms with van der Waals surface area (Å²) >= 11 is 5.82. The van der Waals surface area contributed by atoms with Crippen molar-refractivity contribution >= 4 is 17.6 Å². The first-order valence-electron chi connectivity index (χ1n) is 8.19. The molecule has 2 N–H and O–H groups in total. The third-order valence-corrected chi connectivity index (χ3v) is 3.95. The van der Waals surface area contributed by atoms with E-state index in [1.54, 1.807) is 31.4 Å². The van der Waals surface area contributed by atoms with Crippen LogP contribution in [0.4, 0.5) is 4.79 Å². The molecule has 0 bridgehead atoms. The molecule has 134 valence electrons. The molecule has 0 aliphatic carbocycles. The molecule has 2 rings (SSSR count). The number of carbonyl (C=O) groups excluding carboxylic acids is 1. The van der Waals surface area contributed by atoms with Gasteiger partial charge in [-0.15, -0.1) is 0 Å². The van der Waals surface area contributed by atoms with Gasteiger partial charge in [-0.25, -0.2) is 4.79 Å². The number of rotatable bonds is 8. The molecule has 0 aliphatic rings. The minimum atomic E-state index is -0.220. The fraction of sp³-hybridized carbons (Fsp3) is 0.316. The lowest BCUT2D eigenvalue weighted by atomic mass is 10.0. The smallest absolute Gasteiger partial charge is 0.315 e. The molecule has 2 amide bonds. The molecule has 1 atom stereocenters. The Morgan fingerprint density at radius 3 is 2.32 bits per heavy atom. The van der Waals surface area contributed by atoms with Crippen LogP contribution in [0.25, 0.3) is 0 Å². The zero-order valence-electron chi connectivity index (χ0n) is 14.4. The van der Waals surface area contributed by atoms with Gasteiger partial charge in [-0.2, -0.15) is 0 Å². The standard InChI is InChI=1S/C19H23ClN2O3/c1-3-18(14-4-8-16(24-2)9-5-14)22-19(23)21-12-13-25-17-10-6-15(20)7-11-17/h4-11,18H,3,12-13H2,1-2H3,(H2,21,22,23). The number of carbonyl (C=O) groups is 1. The van der Waals surface area contributed by atoms with Crippen LogP contribution < -0.4 is 20.1 Å². The zero-order valence-corrected chi connectivity index (χ0v) is 15.2. The van der Waals surface area contributed by atoms with Crippen LogP contribution in [0.15, 0.2) is 48.5 Å². The van der Waals surface area contributed by atoms with Crippen molar-refractivity contribution in [2.45, 2.75) is 19.4 Å². The fourth-order valence-corrected chi connectivity index (χ4v) is 2.46. The molecule has 0 aromatic heterocycles. The first-order chi connectivity index (χ1) is 12.1. The van der Waals surface area contributed by atoms with E-state index in [1.807, 2.05) is 31.2 Å². The summed E-state index contributed by atoms with van der Waals surface area (Å²) in [5, 5.41) is 6.42. The first kappa shape index (κ1) is 18.9. The predicted octanol–water partition coefficient (Wildman–Crippen LogP) is 4.18. The first-order valence-corrected chi connectivity index (χ1v) is 8.57. The maximum atomic E-state index is 12.0. The molecule has 0 spiro atoms. The van der Waals surface area contributed by atoms with E-state index in [4.69, 9.17) is 21.1 Å². The summed E-state index contributed by atoms with van der Waals surface area (Å²) in [5.41, 5.74) is 1.04. The van der Waals surface area contributed by atoms with E-state index < -0.39 is 0 Å². The number of benzene rings is 2. The van der Waals surface area contributed by atoms with Gasteiger partial charge in [0.05, 0.1) is 19.7 Å². The molecule has 0 fully saturated rings. The quantitative estimate of drug-likeness (QED) is 0.692. The SMILES string of the molecule is CCC(NC(=O)NCCOc1ccc(Cl)cc1)c1ccc(OC)cc1. The predicted molar refractivity (Wildman–Crippen MR) is 99.5 cm³/mol. The number of nitrogens with one attached hydrogen (secondary N) is 2. The van der Waals surface area contributed by atoms with Crippen LogP contribution in [0.2, 0.25) is 5.02 Å². The maximum Gasteiger partial charge on any atom is 0.315 e. The van der Waals surface area contributed by atoms with Crippen LogP contribution in [-0.2, 0) is 0 Å². The average molecular weight is 363 g/mol. The Morgan fingerprint density at radius 2 is 1.72 bits per heavy atom. The van der Waals surface area contributed by atoms with Gasteiger partial charge in [-0.3, -0.25) is 0 Å². The molecular weight excluding hydrogens is 340 g/mol. The number of halogens is 1. The molecule has 2 aromatic carbocycles. The third-order valence-electron chi connectivity index (χ3n) is 3.70. The lowest BCUT2D eigenvalue weighted by Gasteiger charge is -2.18. The second kappa shape index (κ2) is 9.79. The van der Waals surface area contributed by atoms with Gasteiger partial charge in [0.15, 0.2) is 0 Å². The second-order valence-electron chi connectivity index (χ2n) is 5.44.